The van der Waals surface area contributed by atoms with E-state index < -0.39 is 0 Å². The Bertz CT molecular complexity index is 96.7. The molecule has 9 heavy (non-hydrogen) atoms. The van der Waals surface area contributed by atoms with Crippen molar-refractivity contribution in [2.24, 2.45) is 5.92 Å². The Hall–Kier alpha value is 0.430. The van der Waals surface area contributed by atoms with Gasteiger partial charge in [-0.15, -0.1) is 9.24 Å². The monoisotopic (exact) mass is 144 g/mol. The van der Waals surface area contributed by atoms with Crippen molar-refractivity contribution in [1.82, 2.24) is 0 Å². The fraction of sp³-hybridized carbons (Fsp3) is 1.00. The highest BCUT2D eigenvalue weighted by Gasteiger charge is 2.28. The van der Waals surface area contributed by atoms with Crippen molar-refractivity contribution < 1.29 is 0 Å². The van der Waals surface area contributed by atoms with Crippen LogP contribution in [0.5, 0.6) is 0 Å². The lowest BCUT2D eigenvalue weighted by atomic mass is 9.81. The summed E-state index contributed by atoms with van der Waals surface area (Å²) in [6.07, 6.45) is 5.72. The Kier molecular flexibility index (Phi) is 2.16. The molecule has 0 aliphatic heterocycles. The van der Waals surface area contributed by atoms with Crippen molar-refractivity contribution in [3.8, 4) is 0 Å². The molecule has 1 unspecified atom stereocenters. The predicted octanol–water partition coefficient (Wildman–Crippen LogP) is 2.83. The van der Waals surface area contributed by atoms with Gasteiger partial charge in [0.25, 0.3) is 0 Å². The molecule has 1 aliphatic carbocycles. The van der Waals surface area contributed by atoms with E-state index in [1.165, 1.54) is 25.7 Å². The van der Waals surface area contributed by atoms with Crippen LogP contribution in [0.25, 0.3) is 0 Å². The van der Waals surface area contributed by atoms with E-state index in [4.69, 9.17) is 0 Å². The van der Waals surface area contributed by atoms with Crippen molar-refractivity contribution in [3.05, 3.63) is 0 Å². The summed E-state index contributed by atoms with van der Waals surface area (Å²) in [6, 6.07) is 0. The van der Waals surface area contributed by atoms with Gasteiger partial charge in [-0.3, -0.25) is 0 Å². The van der Waals surface area contributed by atoms with Gasteiger partial charge in [0.05, 0.1) is 0 Å². The van der Waals surface area contributed by atoms with Crippen LogP contribution < -0.4 is 0 Å². The van der Waals surface area contributed by atoms with Crippen molar-refractivity contribution in [2.75, 3.05) is 0 Å². The highest BCUT2D eigenvalue weighted by molar-refractivity contribution is 7.18. The minimum Gasteiger partial charge on any atom is -0.131 e. The Labute approximate surface area is 60.6 Å². The molecule has 0 bridgehead atoms. The van der Waals surface area contributed by atoms with Gasteiger partial charge in [-0.05, 0) is 23.9 Å². The maximum absolute atomic E-state index is 3.00. The van der Waals surface area contributed by atoms with Gasteiger partial charge in [0.1, 0.15) is 0 Å². The van der Waals surface area contributed by atoms with Crippen molar-refractivity contribution in [1.29, 1.82) is 0 Å². The second kappa shape index (κ2) is 2.58. The third kappa shape index (κ3) is 1.67. The third-order valence-electron chi connectivity index (χ3n) is 2.73. The van der Waals surface area contributed by atoms with Crippen LogP contribution in [0.1, 0.15) is 39.5 Å². The molecule has 0 aromatic heterocycles. The van der Waals surface area contributed by atoms with Gasteiger partial charge in [-0.2, -0.15) is 0 Å². The molecule has 0 saturated heterocycles. The van der Waals surface area contributed by atoms with Gasteiger partial charge in [0.2, 0.25) is 0 Å². The molecular formula is C8H17P. The average molecular weight is 144 g/mol. The Morgan fingerprint density at radius 3 is 2.44 bits per heavy atom. The van der Waals surface area contributed by atoms with E-state index in [1.807, 2.05) is 0 Å². The molecule has 0 heterocycles. The molecule has 0 spiro atoms. The molecule has 3 atom stereocenters. The van der Waals surface area contributed by atoms with Crippen molar-refractivity contribution in [2.45, 2.75) is 44.7 Å². The van der Waals surface area contributed by atoms with Gasteiger partial charge in [-0.1, -0.05) is 26.7 Å². The van der Waals surface area contributed by atoms with Crippen LogP contribution in [-0.4, -0.2) is 5.16 Å². The standard InChI is InChI=1S/C8H17P/c1-7-5-3-4-6-8(7,2)9/h7H,3-6,9H2,1-2H3/t7-,8-/m0/s1. The molecule has 0 amide bonds. The number of rotatable bonds is 0. The Morgan fingerprint density at radius 1 is 1.44 bits per heavy atom. The Morgan fingerprint density at radius 2 is 2.11 bits per heavy atom. The molecule has 1 saturated carbocycles. The summed E-state index contributed by atoms with van der Waals surface area (Å²) in [5.41, 5.74) is 0. The highest BCUT2D eigenvalue weighted by Crippen LogP contribution is 2.39. The first kappa shape index (κ1) is 7.54. The van der Waals surface area contributed by atoms with Crippen LogP contribution in [0.15, 0.2) is 0 Å². The van der Waals surface area contributed by atoms with Gasteiger partial charge >= 0.3 is 0 Å². The molecule has 0 N–H and O–H groups in total. The number of hydrogen-bond donors (Lipinski definition) is 0. The fourth-order valence-electron chi connectivity index (χ4n) is 1.53. The topological polar surface area (TPSA) is 0 Å². The molecular weight excluding hydrogens is 127 g/mol. The summed E-state index contributed by atoms with van der Waals surface area (Å²) in [4.78, 5) is 0. The van der Waals surface area contributed by atoms with Crippen LogP contribution >= 0.6 is 9.24 Å². The lowest BCUT2D eigenvalue weighted by Crippen LogP contribution is -2.28. The van der Waals surface area contributed by atoms with Crippen molar-refractivity contribution in [3.63, 3.8) is 0 Å². The Balaban J connectivity index is 2.49. The zero-order chi connectivity index (χ0) is 6.91. The lowest BCUT2D eigenvalue weighted by Gasteiger charge is -2.35. The lowest BCUT2D eigenvalue weighted by molar-refractivity contribution is 0.311. The zero-order valence-corrected chi connectivity index (χ0v) is 7.64. The summed E-state index contributed by atoms with van der Waals surface area (Å²) >= 11 is 0. The van der Waals surface area contributed by atoms with Crippen molar-refractivity contribution >= 4 is 9.24 Å². The van der Waals surface area contributed by atoms with E-state index in [9.17, 15) is 0 Å². The second-order valence-corrected chi connectivity index (χ2v) is 4.97. The van der Waals surface area contributed by atoms with Gasteiger partial charge in [-0.25, -0.2) is 0 Å². The molecule has 1 aliphatic rings. The first-order valence-corrected chi connectivity index (χ1v) is 4.49. The van der Waals surface area contributed by atoms with Gasteiger partial charge in [0.15, 0.2) is 0 Å². The maximum Gasteiger partial charge on any atom is -0.0153 e. The quantitative estimate of drug-likeness (QED) is 0.458. The normalized spacial score (nSPS) is 45.0. The van der Waals surface area contributed by atoms with E-state index in [-0.39, 0.29) is 0 Å². The first-order valence-electron chi connectivity index (χ1n) is 3.92. The summed E-state index contributed by atoms with van der Waals surface area (Å²) in [7, 11) is 3.00. The average Bonchev–Trinajstić information content (AvgIpc) is 1.77. The van der Waals surface area contributed by atoms with E-state index in [0.717, 1.165) is 5.92 Å². The van der Waals surface area contributed by atoms with Gasteiger partial charge < -0.3 is 0 Å². The van der Waals surface area contributed by atoms with Crippen LogP contribution in [-0.2, 0) is 0 Å². The minimum absolute atomic E-state index is 0.554. The molecule has 1 rings (SSSR count). The summed E-state index contributed by atoms with van der Waals surface area (Å²) in [5.74, 6) is 0.913. The van der Waals surface area contributed by atoms with Crippen LogP contribution in [0.2, 0.25) is 0 Å². The second-order valence-electron chi connectivity index (χ2n) is 3.65. The van der Waals surface area contributed by atoms with E-state index in [0.29, 0.717) is 5.16 Å². The summed E-state index contributed by atoms with van der Waals surface area (Å²) in [6.45, 7) is 4.73. The van der Waals surface area contributed by atoms with Crippen LogP contribution in [0, 0.1) is 5.92 Å². The smallest absolute Gasteiger partial charge is 0.0153 e. The number of hydrogen-bond acceptors (Lipinski definition) is 0. The minimum atomic E-state index is 0.554. The third-order valence-corrected chi connectivity index (χ3v) is 3.59. The van der Waals surface area contributed by atoms with E-state index >= 15 is 0 Å². The molecule has 0 radical (unpaired) electrons. The molecule has 1 heteroatoms. The molecule has 54 valence electrons. The fourth-order valence-corrected chi connectivity index (χ4v) is 1.90. The highest BCUT2D eigenvalue weighted by atomic mass is 31.0. The van der Waals surface area contributed by atoms with E-state index in [1.54, 1.807) is 0 Å². The van der Waals surface area contributed by atoms with E-state index in [2.05, 4.69) is 23.1 Å². The SMILES string of the molecule is C[C@H]1CCCC[C@]1(C)P. The summed E-state index contributed by atoms with van der Waals surface area (Å²) in [5, 5.41) is 0.554. The predicted molar refractivity (Wildman–Crippen MR) is 45.7 cm³/mol. The molecule has 0 nitrogen and oxygen atoms in total. The maximum atomic E-state index is 3.00. The first-order chi connectivity index (χ1) is 4.13. The largest absolute Gasteiger partial charge is 0.131 e. The molecule has 1 fully saturated rings. The summed E-state index contributed by atoms with van der Waals surface area (Å²) < 4.78 is 0. The molecule has 0 aromatic rings. The molecule has 0 aromatic carbocycles. The zero-order valence-electron chi connectivity index (χ0n) is 6.48. The van der Waals surface area contributed by atoms with Crippen LogP contribution in [0.3, 0.4) is 0 Å². The van der Waals surface area contributed by atoms with Crippen LogP contribution in [0.4, 0.5) is 0 Å². The van der Waals surface area contributed by atoms with Gasteiger partial charge in [0, 0.05) is 0 Å².